The van der Waals surface area contributed by atoms with Gasteiger partial charge in [-0.15, -0.1) is 0 Å². The molecule has 0 aliphatic carbocycles. The lowest BCUT2D eigenvalue weighted by Gasteiger charge is -2.36. The van der Waals surface area contributed by atoms with E-state index >= 15 is 0 Å². The first-order chi connectivity index (χ1) is 14.0. The molecule has 3 aliphatic rings. The Labute approximate surface area is 174 Å². The van der Waals surface area contributed by atoms with Crippen molar-refractivity contribution in [3.63, 3.8) is 0 Å². The molecule has 1 amide bonds. The number of halogens is 1. The zero-order valence-corrected chi connectivity index (χ0v) is 16.7. The summed E-state index contributed by atoms with van der Waals surface area (Å²) in [5.41, 5.74) is 1.45. The van der Waals surface area contributed by atoms with Crippen molar-refractivity contribution in [2.75, 3.05) is 20.3 Å². The van der Waals surface area contributed by atoms with Crippen LogP contribution >= 0.6 is 11.6 Å². The van der Waals surface area contributed by atoms with E-state index in [2.05, 4.69) is 10.6 Å². The van der Waals surface area contributed by atoms with Crippen molar-refractivity contribution in [1.29, 1.82) is 0 Å². The molecule has 1 aromatic carbocycles. The van der Waals surface area contributed by atoms with Crippen molar-refractivity contribution in [2.45, 2.75) is 24.5 Å². The van der Waals surface area contributed by atoms with Gasteiger partial charge in [-0.2, -0.15) is 0 Å². The molecule has 29 heavy (non-hydrogen) atoms. The molecule has 152 valence electrons. The van der Waals surface area contributed by atoms with Crippen molar-refractivity contribution in [2.24, 2.45) is 0 Å². The SMILES string of the molecule is COC(=O)C1(NC(=O)C2NC(c3cccc(Cl)c3)=C3C=CC=CN32)CCOCC1. The maximum Gasteiger partial charge on any atom is 0.331 e. The Balaban J connectivity index is 1.61. The molecular formula is C21H22ClN3O4. The maximum absolute atomic E-state index is 13.3. The molecule has 0 aromatic heterocycles. The molecule has 1 aromatic rings. The second kappa shape index (κ2) is 7.93. The van der Waals surface area contributed by atoms with Crippen LogP contribution in [0.4, 0.5) is 0 Å². The van der Waals surface area contributed by atoms with E-state index in [-0.39, 0.29) is 5.91 Å². The number of allylic oxidation sites excluding steroid dienone is 3. The molecular weight excluding hydrogens is 394 g/mol. The van der Waals surface area contributed by atoms with Crippen molar-refractivity contribution in [3.8, 4) is 0 Å². The molecule has 8 heteroatoms. The highest BCUT2D eigenvalue weighted by Crippen LogP contribution is 2.32. The van der Waals surface area contributed by atoms with Crippen LogP contribution in [-0.2, 0) is 19.1 Å². The topological polar surface area (TPSA) is 79.9 Å². The van der Waals surface area contributed by atoms with Crippen LogP contribution in [0, 0.1) is 0 Å². The first-order valence-corrected chi connectivity index (χ1v) is 9.80. The molecule has 1 saturated heterocycles. The minimum absolute atomic E-state index is 0.313. The average Bonchev–Trinajstić information content (AvgIpc) is 3.14. The summed E-state index contributed by atoms with van der Waals surface area (Å²) in [6.07, 6.45) is 7.57. The van der Waals surface area contributed by atoms with E-state index < -0.39 is 17.7 Å². The summed E-state index contributed by atoms with van der Waals surface area (Å²) in [5.74, 6) is -0.767. The lowest BCUT2D eigenvalue weighted by Crippen LogP contribution is -2.62. The summed E-state index contributed by atoms with van der Waals surface area (Å²) in [7, 11) is 1.33. The van der Waals surface area contributed by atoms with Crippen molar-refractivity contribution in [1.82, 2.24) is 15.5 Å². The number of fused-ring (bicyclic) bond motifs is 1. The average molecular weight is 416 g/mol. The van der Waals surface area contributed by atoms with Gasteiger partial charge in [0.2, 0.25) is 0 Å². The highest BCUT2D eigenvalue weighted by atomic mass is 35.5. The predicted molar refractivity (Wildman–Crippen MR) is 108 cm³/mol. The Morgan fingerprint density at radius 1 is 1.31 bits per heavy atom. The van der Waals surface area contributed by atoms with E-state index in [4.69, 9.17) is 21.1 Å². The molecule has 3 heterocycles. The number of esters is 1. The number of methoxy groups -OCH3 is 1. The minimum atomic E-state index is -1.08. The fourth-order valence-electron chi connectivity index (χ4n) is 3.84. The molecule has 1 atom stereocenters. The summed E-state index contributed by atoms with van der Waals surface area (Å²) in [4.78, 5) is 27.6. The fraction of sp³-hybridized carbons (Fsp3) is 0.333. The van der Waals surface area contributed by atoms with Gasteiger partial charge in [-0.05, 0) is 24.3 Å². The van der Waals surface area contributed by atoms with E-state index in [1.807, 2.05) is 47.5 Å². The van der Waals surface area contributed by atoms with Gasteiger partial charge < -0.3 is 25.0 Å². The third-order valence-electron chi connectivity index (χ3n) is 5.35. The summed E-state index contributed by atoms with van der Waals surface area (Å²) in [6.45, 7) is 0.772. The molecule has 7 nitrogen and oxygen atoms in total. The van der Waals surface area contributed by atoms with E-state index in [9.17, 15) is 9.59 Å². The number of ether oxygens (including phenoxy) is 2. The van der Waals surface area contributed by atoms with Crippen LogP contribution < -0.4 is 10.6 Å². The van der Waals surface area contributed by atoms with Crippen molar-refractivity contribution >= 4 is 29.2 Å². The number of carbonyl (C=O) groups excluding carboxylic acids is 2. The zero-order valence-electron chi connectivity index (χ0n) is 16.0. The Kier molecular flexibility index (Phi) is 5.34. The Hall–Kier alpha value is -2.77. The molecule has 1 unspecified atom stereocenters. The van der Waals surface area contributed by atoms with Crippen LogP contribution in [0.5, 0.6) is 0 Å². The molecule has 2 N–H and O–H groups in total. The fourth-order valence-corrected chi connectivity index (χ4v) is 4.03. The van der Waals surface area contributed by atoms with Gasteiger partial charge in [0, 0.05) is 42.8 Å². The second-order valence-corrected chi connectivity index (χ2v) is 7.54. The minimum Gasteiger partial charge on any atom is -0.467 e. The first-order valence-electron chi connectivity index (χ1n) is 9.42. The lowest BCUT2D eigenvalue weighted by molar-refractivity contribution is -0.156. The molecule has 3 aliphatic heterocycles. The number of nitrogens with one attached hydrogen (secondary N) is 2. The second-order valence-electron chi connectivity index (χ2n) is 7.10. The van der Waals surface area contributed by atoms with Crippen LogP contribution in [-0.4, -0.2) is 48.8 Å². The van der Waals surface area contributed by atoms with Crippen LogP contribution in [0.2, 0.25) is 5.02 Å². The molecule has 4 rings (SSSR count). The smallest absolute Gasteiger partial charge is 0.331 e. The number of nitrogens with zero attached hydrogens (tertiary/aromatic N) is 1. The Morgan fingerprint density at radius 2 is 2.10 bits per heavy atom. The van der Waals surface area contributed by atoms with Crippen LogP contribution in [0.3, 0.4) is 0 Å². The quantitative estimate of drug-likeness (QED) is 0.734. The van der Waals surface area contributed by atoms with E-state index in [1.54, 1.807) is 6.07 Å². The summed E-state index contributed by atoms with van der Waals surface area (Å²) in [6, 6.07) is 7.44. The number of hydrogen-bond acceptors (Lipinski definition) is 6. The Bertz CT molecular complexity index is 918. The summed E-state index contributed by atoms with van der Waals surface area (Å²) < 4.78 is 10.3. The monoisotopic (exact) mass is 415 g/mol. The summed E-state index contributed by atoms with van der Waals surface area (Å²) >= 11 is 6.16. The first kappa shape index (κ1) is 19.5. The number of benzene rings is 1. The number of carbonyl (C=O) groups is 2. The molecule has 0 saturated carbocycles. The van der Waals surface area contributed by atoms with Gasteiger partial charge in [-0.25, -0.2) is 4.79 Å². The van der Waals surface area contributed by atoms with Gasteiger partial charge >= 0.3 is 5.97 Å². The van der Waals surface area contributed by atoms with Crippen LogP contribution in [0.25, 0.3) is 5.70 Å². The number of hydrogen-bond donors (Lipinski definition) is 2. The van der Waals surface area contributed by atoms with Gasteiger partial charge in [-0.1, -0.05) is 29.8 Å². The van der Waals surface area contributed by atoms with Crippen molar-refractivity contribution in [3.05, 3.63) is 65.0 Å². The molecule has 0 spiro atoms. The van der Waals surface area contributed by atoms with Gasteiger partial charge in [0.25, 0.3) is 5.91 Å². The predicted octanol–water partition coefficient (Wildman–Crippen LogP) is 2.16. The third-order valence-corrected chi connectivity index (χ3v) is 5.59. The largest absolute Gasteiger partial charge is 0.467 e. The maximum atomic E-state index is 13.3. The normalized spacial score (nSPS) is 22.1. The van der Waals surface area contributed by atoms with Gasteiger partial charge in [0.15, 0.2) is 6.17 Å². The lowest BCUT2D eigenvalue weighted by atomic mass is 9.90. The molecule has 0 radical (unpaired) electrons. The highest BCUT2D eigenvalue weighted by Gasteiger charge is 2.45. The third kappa shape index (κ3) is 3.63. The van der Waals surface area contributed by atoms with Gasteiger partial charge in [0.05, 0.1) is 18.5 Å². The Morgan fingerprint density at radius 3 is 2.83 bits per heavy atom. The van der Waals surface area contributed by atoms with E-state index in [1.165, 1.54) is 7.11 Å². The molecule has 1 fully saturated rings. The van der Waals surface area contributed by atoms with Crippen LogP contribution in [0.15, 0.2) is 54.4 Å². The van der Waals surface area contributed by atoms with E-state index in [0.29, 0.717) is 31.1 Å². The van der Waals surface area contributed by atoms with Gasteiger partial charge in [-0.3, -0.25) is 4.79 Å². The highest BCUT2D eigenvalue weighted by molar-refractivity contribution is 6.30. The summed E-state index contributed by atoms with van der Waals surface area (Å²) in [5, 5.41) is 6.83. The van der Waals surface area contributed by atoms with Crippen molar-refractivity contribution < 1.29 is 19.1 Å². The van der Waals surface area contributed by atoms with Gasteiger partial charge in [0.1, 0.15) is 5.54 Å². The van der Waals surface area contributed by atoms with Crippen LogP contribution in [0.1, 0.15) is 18.4 Å². The van der Waals surface area contributed by atoms with E-state index in [0.717, 1.165) is 17.0 Å². The molecule has 0 bridgehead atoms. The number of rotatable bonds is 4. The zero-order chi connectivity index (χ0) is 20.4. The number of amides is 1. The standard InChI is InChI=1S/C21H22ClN3O4/c1-28-20(27)21(8-11-29-12-9-21)24-19(26)18-23-17(14-5-4-6-15(22)13-14)16-7-2-3-10-25(16)18/h2-7,10,13,18,23H,8-9,11-12H2,1H3,(H,24,26).